The van der Waals surface area contributed by atoms with Crippen LogP contribution < -0.4 is 4.90 Å². The summed E-state index contributed by atoms with van der Waals surface area (Å²) in [6.45, 7) is 5.33. The second-order valence-electron chi connectivity index (χ2n) is 5.80. The van der Waals surface area contributed by atoms with Crippen LogP contribution >= 0.6 is 0 Å². The number of benzene rings is 1. The summed E-state index contributed by atoms with van der Waals surface area (Å²) >= 11 is 0. The molecule has 0 saturated carbocycles. The fourth-order valence-electron chi connectivity index (χ4n) is 1.87. The number of nitro benzene ring substituents is 1. The zero-order chi connectivity index (χ0) is 17.0. The molecule has 0 saturated heterocycles. The van der Waals surface area contributed by atoms with E-state index in [1.54, 1.807) is 50.1 Å². The number of nitro groups is 1. The van der Waals surface area contributed by atoms with Crippen LogP contribution in [-0.4, -0.2) is 22.7 Å². The molecule has 1 aromatic carbocycles. The van der Waals surface area contributed by atoms with Crippen LogP contribution in [0.2, 0.25) is 0 Å². The molecule has 0 aromatic heterocycles. The van der Waals surface area contributed by atoms with Crippen molar-refractivity contribution in [2.45, 2.75) is 26.4 Å². The van der Waals surface area contributed by atoms with Crippen LogP contribution in [-0.2, 0) is 9.53 Å². The summed E-state index contributed by atoms with van der Waals surface area (Å²) in [4.78, 5) is 28.2. The summed E-state index contributed by atoms with van der Waals surface area (Å²) in [6.07, 6.45) is 6.24. The minimum Gasteiger partial charge on any atom is -0.455 e. The van der Waals surface area contributed by atoms with E-state index in [0.717, 1.165) is 0 Å². The average Bonchev–Trinajstić information content (AvgIpc) is 2.71. The molecule has 1 aromatic rings. The van der Waals surface area contributed by atoms with E-state index in [2.05, 4.69) is 4.99 Å². The number of allylic oxidation sites excluding steroid dienone is 1. The Balaban J connectivity index is 2.34. The number of rotatable bonds is 3. The summed E-state index contributed by atoms with van der Waals surface area (Å²) in [5, 5.41) is 10.7. The number of non-ortho nitro benzene ring substituents is 1. The molecule has 2 rings (SSSR count). The van der Waals surface area contributed by atoms with E-state index >= 15 is 0 Å². The molecule has 23 heavy (non-hydrogen) atoms. The molecule has 120 valence electrons. The van der Waals surface area contributed by atoms with Crippen LogP contribution in [0.3, 0.4) is 0 Å². The third-order valence-electron chi connectivity index (χ3n) is 2.81. The molecular formula is C16H17N3O4. The van der Waals surface area contributed by atoms with Crippen LogP contribution in [0.5, 0.6) is 0 Å². The van der Waals surface area contributed by atoms with Gasteiger partial charge in [-0.05, 0) is 39.0 Å². The van der Waals surface area contributed by atoms with E-state index in [0.29, 0.717) is 5.69 Å². The number of ether oxygens (including phenoxy) is 1. The fraction of sp³-hybridized carbons (Fsp3) is 0.250. The molecule has 0 radical (unpaired) electrons. The molecule has 7 heteroatoms. The molecule has 0 unspecified atom stereocenters. The number of anilines is 1. The zero-order valence-electron chi connectivity index (χ0n) is 13.1. The van der Waals surface area contributed by atoms with Crippen molar-refractivity contribution in [1.82, 2.24) is 0 Å². The topological polar surface area (TPSA) is 85.0 Å². The second-order valence-corrected chi connectivity index (χ2v) is 5.80. The van der Waals surface area contributed by atoms with Gasteiger partial charge in [0.2, 0.25) is 0 Å². The third-order valence-corrected chi connectivity index (χ3v) is 2.81. The quantitative estimate of drug-likeness (QED) is 0.486. The first-order valence-corrected chi connectivity index (χ1v) is 6.95. The maximum atomic E-state index is 12.4. The molecule has 0 atom stereocenters. The third kappa shape index (κ3) is 4.26. The molecule has 0 fully saturated rings. The highest BCUT2D eigenvalue weighted by molar-refractivity contribution is 5.95. The van der Waals surface area contributed by atoms with Crippen molar-refractivity contribution in [2.24, 2.45) is 4.99 Å². The highest BCUT2D eigenvalue weighted by atomic mass is 16.6. The normalized spacial score (nSPS) is 14.2. The van der Waals surface area contributed by atoms with Crippen molar-refractivity contribution in [3.05, 3.63) is 58.6 Å². The van der Waals surface area contributed by atoms with Crippen LogP contribution in [0.15, 0.2) is 53.4 Å². The molecule has 0 spiro atoms. The smallest absolute Gasteiger partial charge is 0.357 e. The van der Waals surface area contributed by atoms with Gasteiger partial charge in [-0.2, -0.15) is 0 Å². The Morgan fingerprint density at radius 1 is 1.26 bits per heavy atom. The van der Waals surface area contributed by atoms with Crippen LogP contribution in [0.4, 0.5) is 11.4 Å². The first kappa shape index (κ1) is 16.4. The monoisotopic (exact) mass is 315 g/mol. The molecule has 7 nitrogen and oxygen atoms in total. The molecule has 1 aliphatic heterocycles. The number of carbonyl (C=O) groups is 1. The van der Waals surface area contributed by atoms with Gasteiger partial charge in [0.05, 0.1) is 11.1 Å². The predicted molar refractivity (Wildman–Crippen MR) is 87.1 cm³/mol. The number of aliphatic imine (C=N–C) groups is 1. The van der Waals surface area contributed by atoms with Crippen LogP contribution in [0.1, 0.15) is 20.8 Å². The number of hydrogen-bond donors (Lipinski definition) is 0. The second kappa shape index (κ2) is 6.43. The Morgan fingerprint density at radius 3 is 2.48 bits per heavy atom. The number of hydrogen-bond acceptors (Lipinski definition) is 6. The Labute approximate surface area is 133 Å². The summed E-state index contributed by atoms with van der Waals surface area (Å²) in [5.74, 6) is -0.528. The van der Waals surface area contributed by atoms with E-state index in [9.17, 15) is 14.9 Å². The lowest BCUT2D eigenvalue weighted by atomic mass is 10.2. The lowest BCUT2D eigenvalue weighted by molar-refractivity contribution is -0.384. The minimum atomic E-state index is -0.640. The molecule has 1 aliphatic rings. The maximum absolute atomic E-state index is 12.4. The summed E-state index contributed by atoms with van der Waals surface area (Å²) in [6, 6.07) is 5.88. The predicted octanol–water partition coefficient (Wildman–Crippen LogP) is 3.18. The van der Waals surface area contributed by atoms with Gasteiger partial charge in [-0.3, -0.25) is 15.1 Å². The van der Waals surface area contributed by atoms with E-state index in [1.165, 1.54) is 24.5 Å². The molecule has 1 heterocycles. The van der Waals surface area contributed by atoms with Gasteiger partial charge in [-0.25, -0.2) is 4.79 Å². The van der Waals surface area contributed by atoms with Gasteiger partial charge in [-0.15, -0.1) is 0 Å². The number of carbonyl (C=O) groups excluding carboxylic acids is 1. The van der Waals surface area contributed by atoms with Gasteiger partial charge < -0.3 is 9.64 Å². The Bertz CT molecular complexity index is 697. The largest absolute Gasteiger partial charge is 0.455 e. The average molecular weight is 315 g/mol. The fourth-order valence-corrected chi connectivity index (χ4v) is 1.87. The lowest BCUT2D eigenvalue weighted by Crippen LogP contribution is -2.30. The maximum Gasteiger partial charge on any atom is 0.357 e. The molecule has 0 amide bonds. The molecule has 0 bridgehead atoms. The van der Waals surface area contributed by atoms with Crippen LogP contribution in [0.25, 0.3) is 0 Å². The zero-order valence-corrected chi connectivity index (χ0v) is 13.1. The summed E-state index contributed by atoms with van der Waals surface area (Å²) in [5.41, 5.74) is 0.151. The van der Waals surface area contributed by atoms with Gasteiger partial charge in [0.1, 0.15) is 5.60 Å². The van der Waals surface area contributed by atoms with Crippen molar-refractivity contribution in [2.75, 3.05) is 4.90 Å². The van der Waals surface area contributed by atoms with Crippen molar-refractivity contribution in [3.8, 4) is 0 Å². The first-order chi connectivity index (χ1) is 10.8. The number of nitrogens with zero attached hydrogens (tertiary/aromatic N) is 3. The summed E-state index contributed by atoms with van der Waals surface area (Å²) < 4.78 is 5.38. The SMILES string of the molecule is CC(C)(C)OC(=O)C1=CN=CC=CN1c1ccc([N+](=O)[O-])cc1. The molecular weight excluding hydrogens is 298 g/mol. The highest BCUT2D eigenvalue weighted by Gasteiger charge is 2.25. The van der Waals surface area contributed by atoms with E-state index < -0.39 is 16.5 Å². The van der Waals surface area contributed by atoms with Crippen LogP contribution in [0, 0.1) is 10.1 Å². The Morgan fingerprint density at radius 2 is 1.91 bits per heavy atom. The van der Waals surface area contributed by atoms with E-state index in [1.807, 2.05) is 0 Å². The van der Waals surface area contributed by atoms with Gasteiger partial charge in [0.25, 0.3) is 5.69 Å². The first-order valence-electron chi connectivity index (χ1n) is 6.95. The van der Waals surface area contributed by atoms with Crippen molar-refractivity contribution < 1.29 is 14.5 Å². The minimum absolute atomic E-state index is 0.0217. The van der Waals surface area contributed by atoms with Gasteiger partial charge in [-0.1, -0.05) is 0 Å². The van der Waals surface area contributed by atoms with Gasteiger partial charge >= 0.3 is 5.97 Å². The van der Waals surface area contributed by atoms with E-state index in [4.69, 9.17) is 4.74 Å². The van der Waals surface area contributed by atoms with Crippen molar-refractivity contribution >= 4 is 23.6 Å². The highest BCUT2D eigenvalue weighted by Crippen LogP contribution is 2.25. The van der Waals surface area contributed by atoms with Gasteiger partial charge in [0, 0.05) is 30.2 Å². The molecule has 0 N–H and O–H groups in total. The van der Waals surface area contributed by atoms with Crippen molar-refractivity contribution in [1.29, 1.82) is 0 Å². The Hall–Kier alpha value is -2.96. The standard InChI is InChI=1S/C16H17N3O4/c1-16(2,3)23-15(20)14-11-17-9-4-10-18(14)12-5-7-13(8-6-12)19(21)22/h4-11H,1-3H3. The lowest BCUT2D eigenvalue weighted by Gasteiger charge is -2.25. The number of esters is 1. The van der Waals surface area contributed by atoms with Crippen molar-refractivity contribution in [3.63, 3.8) is 0 Å². The molecule has 0 aliphatic carbocycles. The van der Waals surface area contributed by atoms with E-state index in [-0.39, 0.29) is 11.4 Å². The summed E-state index contributed by atoms with van der Waals surface area (Å²) in [7, 11) is 0. The van der Waals surface area contributed by atoms with Gasteiger partial charge in [0.15, 0.2) is 5.70 Å². The Kier molecular flexibility index (Phi) is 4.59.